The third-order valence-corrected chi connectivity index (χ3v) is 11.4. The van der Waals surface area contributed by atoms with E-state index in [0.29, 0.717) is 19.3 Å². The van der Waals surface area contributed by atoms with Crippen LogP contribution in [0.1, 0.15) is 233 Å². The minimum Gasteiger partial charge on any atom is -0.462 e. The lowest BCUT2D eigenvalue weighted by Crippen LogP contribution is -2.46. The molecule has 62 heavy (non-hydrogen) atoms. The summed E-state index contributed by atoms with van der Waals surface area (Å²) in [7, 11) is 0. The topological polar surface area (TPSA) is 95.9 Å². The number of rotatable bonds is 45. The van der Waals surface area contributed by atoms with Crippen LogP contribution < -0.4 is 5.32 Å². The number of unbranched alkanes of at least 4 members (excludes halogenated alkanes) is 24. The Morgan fingerprint density at radius 1 is 0.484 bits per heavy atom. The Morgan fingerprint density at radius 2 is 0.887 bits per heavy atom. The Labute approximate surface area is 383 Å². The molecule has 3 N–H and O–H groups in total. The number of carbonyl (C=O) groups excluding carboxylic acids is 2. The largest absolute Gasteiger partial charge is 0.462 e. The summed E-state index contributed by atoms with van der Waals surface area (Å²) in [6, 6.07) is -0.731. The van der Waals surface area contributed by atoms with Gasteiger partial charge in [-0.15, -0.1) is 0 Å². The molecule has 0 saturated carbocycles. The first-order valence-corrected chi connectivity index (χ1v) is 25.9. The normalized spacial score (nSPS) is 14.0. The Kier molecular flexibility index (Phi) is 46.7. The monoisotopic (exact) mass is 864 g/mol. The summed E-state index contributed by atoms with van der Waals surface area (Å²) >= 11 is 0. The van der Waals surface area contributed by atoms with Crippen LogP contribution in [0, 0.1) is 0 Å². The first-order chi connectivity index (χ1) is 30.5. The van der Waals surface area contributed by atoms with Crippen molar-refractivity contribution in [2.75, 3.05) is 6.61 Å². The van der Waals surface area contributed by atoms with E-state index < -0.39 is 18.2 Å². The molecule has 6 heteroatoms. The van der Waals surface area contributed by atoms with Crippen LogP contribution in [0.15, 0.2) is 85.1 Å². The highest BCUT2D eigenvalue weighted by Gasteiger charge is 2.24. The van der Waals surface area contributed by atoms with Crippen molar-refractivity contribution >= 4 is 11.9 Å². The number of hydrogen-bond donors (Lipinski definition) is 3. The van der Waals surface area contributed by atoms with E-state index in [-0.39, 0.29) is 24.9 Å². The number of carbonyl (C=O) groups is 2. The molecule has 0 aromatic carbocycles. The molecule has 0 saturated heterocycles. The molecule has 0 heterocycles. The highest BCUT2D eigenvalue weighted by atomic mass is 16.5. The predicted octanol–water partition coefficient (Wildman–Crippen LogP) is 15.6. The Morgan fingerprint density at radius 3 is 1.40 bits per heavy atom. The molecule has 0 aliphatic heterocycles. The third kappa shape index (κ3) is 43.7. The molecule has 0 rings (SSSR count). The fraction of sp³-hybridized carbons (Fsp3) is 0.714. The number of allylic oxidation sites excluding steroid dienone is 14. The molecular formula is C56H97NO5. The van der Waals surface area contributed by atoms with Gasteiger partial charge in [0.05, 0.1) is 25.2 Å². The molecule has 0 bridgehead atoms. The van der Waals surface area contributed by atoms with E-state index in [9.17, 15) is 19.8 Å². The SMILES string of the molecule is CC/C=C/C=C/C=C\C=C/C=C/CCCC(CC(=O)NC(CO)C(O)CCCCCCCCCCCCCCCCC)OC(=O)CCCCCCCC/C=C/C=C/CCCCC. The van der Waals surface area contributed by atoms with Gasteiger partial charge in [-0.1, -0.05) is 241 Å². The molecule has 0 radical (unpaired) electrons. The van der Waals surface area contributed by atoms with Crippen molar-refractivity contribution in [3.8, 4) is 0 Å². The summed E-state index contributed by atoms with van der Waals surface area (Å²) in [5, 5.41) is 23.8. The Bertz CT molecular complexity index is 1200. The molecule has 0 fully saturated rings. The van der Waals surface area contributed by atoms with Crippen molar-refractivity contribution in [2.45, 2.75) is 251 Å². The van der Waals surface area contributed by atoms with Crippen LogP contribution in [0.25, 0.3) is 0 Å². The number of aliphatic hydroxyl groups is 2. The second-order valence-electron chi connectivity index (χ2n) is 17.3. The predicted molar refractivity (Wildman–Crippen MR) is 268 cm³/mol. The maximum Gasteiger partial charge on any atom is 0.306 e. The minimum absolute atomic E-state index is 0.0202. The number of amides is 1. The third-order valence-electron chi connectivity index (χ3n) is 11.4. The van der Waals surface area contributed by atoms with Gasteiger partial charge in [0, 0.05) is 6.42 Å². The fourth-order valence-corrected chi connectivity index (χ4v) is 7.45. The molecule has 0 aliphatic rings. The number of esters is 1. The van der Waals surface area contributed by atoms with Crippen LogP contribution in [0.4, 0.5) is 0 Å². The molecule has 1 amide bonds. The van der Waals surface area contributed by atoms with Crippen molar-refractivity contribution in [1.82, 2.24) is 5.32 Å². The van der Waals surface area contributed by atoms with Crippen LogP contribution in [0.2, 0.25) is 0 Å². The van der Waals surface area contributed by atoms with Gasteiger partial charge in [0.1, 0.15) is 6.10 Å². The van der Waals surface area contributed by atoms with Crippen LogP contribution in [-0.2, 0) is 14.3 Å². The summed E-state index contributed by atoms with van der Waals surface area (Å²) in [6.07, 6.45) is 63.6. The smallest absolute Gasteiger partial charge is 0.306 e. The molecule has 3 atom stereocenters. The van der Waals surface area contributed by atoms with E-state index in [4.69, 9.17) is 4.74 Å². The highest BCUT2D eigenvalue weighted by molar-refractivity contribution is 5.77. The van der Waals surface area contributed by atoms with Crippen LogP contribution in [-0.4, -0.2) is 46.9 Å². The molecule has 3 unspecified atom stereocenters. The van der Waals surface area contributed by atoms with E-state index in [1.807, 2.05) is 48.6 Å². The lowest BCUT2D eigenvalue weighted by molar-refractivity contribution is -0.151. The van der Waals surface area contributed by atoms with Gasteiger partial charge in [-0.05, 0) is 64.2 Å². The fourth-order valence-electron chi connectivity index (χ4n) is 7.45. The van der Waals surface area contributed by atoms with Gasteiger partial charge in [0.25, 0.3) is 0 Å². The van der Waals surface area contributed by atoms with Gasteiger partial charge in [0.15, 0.2) is 0 Å². The van der Waals surface area contributed by atoms with Gasteiger partial charge in [-0.25, -0.2) is 0 Å². The van der Waals surface area contributed by atoms with E-state index in [2.05, 4.69) is 62.5 Å². The van der Waals surface area contributed by atoms with E-state index in [1.165, 1.54) is 122 Å². The van der Waals surface area contributed by atoms with Gasteiger partial charge in [-0.3, -0.25) is 9.59 Å². The zero-order valence-corrected chi connectivity index (χ0v) is 40.5. The average molecular weight is 864 g/mol. The second kappa shape index (κ2) is 49.1. The van der Waals surface area contributed by atoms with Crippen molar-refractivity contribution < 1.29 is 24.5 Å². The van der Waals surface area contributed by atoms with Gasteiger partial charge in [-0.2, -0.15) is 0 Å². The number of nitrogens with one attached hydrogen (secondary N) is 1. The summed E-state index contributed by atoms with van der Waals surface area (Å²) in [4.78, 5) is 26.1. The zero-order valence-electron chi connectivity index (χ0n) is 40.5. The lowest BCUT2D eigenvalue weighted by Gasteiger charge is -2.24. The molecular weight excluding hydrogens is 767 g/mol. The van der Waals surface area contributed by atoms with E-state index in [0.717, 1.165) is 64.2 Å². The van der Waals surface area contributed by atoms with Crippen molar-refractivity contribution in [3.63, 3.8) is 0 Å². The molecule has 0 aliphatic carbocycles. The number of aliphatic hydroxyl groups excluding tert-OH is 2. The maximum absolute atomic E-state index is 13.2. The molecule has 0 spiro atoms. The van der Waals surface area contributed by atoms with Gasteiger partial charge < -0.3 is 20.3 Å². The Balaban J connectivity index is 4.67. The quantitative estimate of drug-likeness (QED) is 0.0322. The zero-order chi connectivity index (χ0) is 45.2. The van der Waals surface area contributed by atoms with Gasteiger partial charge in [0.2, 0.25) is 5.91 Å². The maximum atomic E-state index is 13.2. The summed E-state index contributed by atoms with van der Waals surface area (Å²) in [5.74, 6) is -0.563. The average Bonchev–Trinajstić information content (AvgIpc) is 3.26. The standard InChI is InChI=1S/C56H97NO5/c1-4-7-10-13-16-19-22-25-27-30-33-36-39-42-45-48-54(59)53(51-58)57-55(60)50-52(47-44-41-38-35-32-29-24-21-18-15-12-9-6-3)62-56(61)49-46-43-40-37-34-31-28-26-23-20-17-14-11-8-5-2/h9,12,15,17-18,20-21,23-24,26,29,32,35,38,52-54,58-59H,4-8,10-11,13-14,16,19,22,25,27-28,30-31,33-34,36-37,39-51H2,1-3H3,(H,57,60)/b12-9+,18-15+,20-17+,24-21-,26-23+,32-29-,38-35+. The highest BCUT2D eigenvalue weighted by Crippen LogP contribution is 2.17. The molecule has 0 aromatic rings. The summed E-state index contributed by atoms with van der Waals surface area (Å²) in [5.41, 5.74) is 0. The van der Waals surface area contributed by atoms with Crippen molar-refractivity contribution in [2.24, 2.45) is 0 Å². The van der Waals surface area contributed by atoms with E-state index >= 15 is 0 Å². The first kappa shape index (κ1) is 59.0. The molecule has 6 nitrogen and oxygen atoms in total. The molecule has 0 aromatic heterocycles. The van der Waals surface area contributed by atoms with Crippen LogP contribution >= 0.6 is 0 Å². The number of ether oxygens (including phenoxy) is 1. The van der Waals surface area contributed by atoms with Crippen molar-refractivity contribution in [3.05, 3.63) is 85.1 Å². The Hall–Kier alpha value is -2.96. The van der Waals surface area contributed by atoms with E-state index in [1.54, 1.807) is 0 Å². The summed E-state index contributed by atoms with van der Waals surface area (Å²) < 4.78 is 5.89. The molecule has 356 valence electrons. The van der Waals surface area contributed by atoms with Crippen LogP contribution in [0.5, 0.6) is 0 Å². The first-order valence-electron chi connectivity index (χ1n) is 25.9. The van der Waals surface area contributed by atoms with Crippen molar-refractivity contribution in [1.29, 1.82) is 0 Å². The minimum atomic E-state index is -0.812. The number of hydrogen-bond acceptors (Lipinski definition) is 5. The van der Waals surface area contributed by atoms with Crippen LogP contribution in [0.3, 0.4) is 0 Å². The van der Waals surface area contributed by atoms with Gasteiger partial charge >= 0.3 is 5.97 Å². The second-order valence-corrected chi connectivity index (χ2v) is 17.3. The lowest BCUT2D eigenvalue weighted by atomic mass is 10.0. The summed E-state index contributed by atoms with van der Waals surface area (Å²) in [6.45, 7) is 6.29.